The highest BCUT2D eigenvalue weighted by Gasteiger charge is 2.54. The van der Waals surface area contributed by atoms with Crippen molar-refractivity contribution < 1.29 is 32.5 Å². The highest BCUT2D eigenvalue weighted by atomic mass is 35.5. The second-order valence-corrected chi connectivity index (χ2v) is 14.0. The lowest BCUT2D eigenvalue weighted by molar-refractivity contribution is -0.129. The summed E-state index contributed by atoms with van der Waals surface area (Å²) in [5.74, 6) is -0.0839. The standard InChI is InChI=1S/C33H37Cl2N3O7S/c34-25-9-12-28(29(35)23-25)30-33(13-22-46(41,42)27-5-2-1-3-6-27,32(40)36-14-15-38-16-20-43-21-17-38)37-31(45-30)24-7-10-26(11-8-24)44-19-4-18-39/h1-3,5-12,23,30,39H,4,13-22H2,(H,36,40)/t30-,33-/m1/s1. The van der Waals surface area contributed by atoms with Crippen LogP contribution in [0.4, 0.5) is 0 Å². The number of halogens is 2. The lowest BCUT2D eigenvalue weighted by Gasteiger charge is -2.32. The van der Waals surface area contributed by atoms with E-state index in [-0.39, 0.29) is 34.6 Å². The summed E-state index contributed by atoms with van der Waals surface area (Å²) in [6.45, 7) is 4.04. The lowest BCUT2D eigenvalue weighted by atomic mass is 9.85. The van der Waals surface area contributed by atoms with E-state index >= 15 is 0 Å². The Morgan fingerprint density at radius 2 is 1.80 bits per heavy atom. The van der Waals surface area contributed by atoms with Crippen molar-refractivity contribution in [3.05, 3.63) is 94.0 Å². The molecule has 0 unspecified atom stereocenters. The van der Waals surface area contributed by atoms with Gasteiger partial charge in [0.1, 0.15) is 5.75 Å². The maximum atomic E-state index is 14.4. The quantitative estimate of drug-likeness (QED) is 0.240. The molecule has 0 bridgehead atoms. The van der Waals surface area contributed by atoms with E-state index in [0.717, 1.165) is 13.1 Å². The molecule has 1 saturated heterocycles. The average molecular weight is 691 g/mol. The van der Waals surface area contributed by atoms with Crippen molar-refractivity contribution in [1.29, 1.82) is 0 Å². The summed E-state index contributed by atoms with van der Waals surface area (Å²) in [7, 11) is -3.79. The molecular formula is C33H37Cl2N3O7S. The van der Waals surface area contributed by atoms with Crippen LogP contribution in [0.25, 0.3) is 0 Å². The van der Waals surface area contributed by atoms with E-state index < -0.39 is 27.4 Å². The third kappa shape index (κ3) is 8.20. The molecule has 246 valence electrons. The van der Waals surface area contributed by atoms with Crippen LogP contribution in [-0.2, 0) is 24.1 Å². The monoisotopic (exact) mass is 689 g/mol. The summed E-state index contributed by atoms with van der Waals surface area (Å²) in [6, 6.07) is 20.0. The first-order valence-electron chi connectivity index (χ1n) is 15.1. The fourth-order valence-corrected chi connectivity index (χ4v) is 7.30. The van der Waals surface area contributed by atoms with Crippen molar-refractivity contribution in [2.75, 3.05) is 58.4 Å². The van der Waals surface area contributed by atoms with Crippen molar-refractivity contribution >= 4 is 44.8 Å². The third-order valence-corrected chi connectivity index (χ3v) is 10.2. The molecule has 3 aromatic carbocycles. The Morgan fingerprint density at radius 1 is 1.07 bits per heavy atom. The number of aliphatic hydroxyl groups is 1. The fraction of sp³-hybridized carbons (Fsp3) is 0.394. The number of morpholine rings is 1. The van der Waals surface area contributed by atoms with Crippen molar-refractivity contribution in [3.8, 4) is 5.75 Å². The number of rotatable bonds is 14. The van der Waals surface area contributed by atoms with E-state index in [2.05, 4.69) is 10.2 Å². The summed E-state index contributed by atoms with van der Waals surface area (Å²) in [5.41, 5.74) is -0.664. The Bertz CT molecular complexity index is 1620. The maximum absolute atomic E-state index is 14.4. The normalized spacial score (nSPS) is 20.2. The SMILES string of the molecule is O=C(NCCN1CCOCC1)[C@]1(CCS(=O)(=O)c2ccccc2)N=C(c2ccc(OCCCO)cc2)O[C@@H]1c1ccc(Cl)cc1Cl. The Hall–Kier alpha value is -3.19. The van der Waals surface area contributed by atoms with E-state index in [0.29, 0.717) is 61.2 Å². The zero-order valence-corrected chi connectivity index (χ0v) is 27.6. The van der Waals surface area contributed by atoms with Gasteiger partial charge in [-0.25, -0.2) is 13.4 Å². The Labute approximate surface area is 279 Å². The summed E-state index contributed by atoms with van der Waals surface area (Å²) in [5, 5.41) is 12.7. The van der Waals surface area contributed by atoms with Crippen LogP contribution in [0.2, 0.25) is 10.0 Å². The van der Waals surface area contributed by atoms with Crippen LogP contribution in [0.15, 0.2) is 82.7 Å². The molecule has 46 heavy (non-hydrogen) atoms. The number of carbonyl (C=O) groups is 1. The van der Waals surface area contributed by atoms with Crippen LogP contribution in [-0.4, -0.2) is 94.1 Å². The Morgan fingerprint density at radius 3 is 2.50 bits per heavy atom. The number of nitrogens with one attached hydrogen (secondary N) is 1. The summed E-state index contributed by atoms with van der Waals surface area (Å²) in [4.78, 5) is 21.6. The second kappa shape index (κ2) is 15.6. The molecular weight excluding hydrogens is 653 g/mol. The van der Waals surface area contributed by atoms with Gasteiger partial charge >= 0.3 is 0 Å². The van der Waals surface area contributed by atoms with E-state index in [1.807, 2.05) is 0 Å². The van der Waals surface area contributed by atoms with Gasteiger partial charge in [0, 0.05) is 66.8 Å². The Balaban J connectivity index is 1.51. The van der Waals surface area contributed by atoms with Crippen LogP contribution in [0, 0.1) is 0 Å². The van der Waals surface area contributed by atoms with Crippen LogP contribution in [0.3, 0.4) is 0 Å². The van der Waals surface area contributed by atoms with Gasteiger partial charge in [0.15, 0.2) is 21.5 Å². The molecule has 1 fully saturated rings. The van der Waals surface area contributed by atoms with E-state index in [9.17, 15) is 13.2 Å². The molecule has 0 aliphatic carbocycles. The molecule has 2 N–H and O–H groups in total. The van der Waals surface area contributed by atoms with E-state index in [1.165, 1.54) is 12.1 Å². The molecule has 2 heterocycles. The minimum atomic E-state index is -3.79. The third-order valence-electron chi connectivity index (χ3n) is 7.95. The summed E-state index contributed by atoms with van der Waals surface area (Å²) < 4.78 is 44.6. The molecule has 0 saturated carbocycles. The molecule has 0 aromatic heterocycles. The van der Waals surface area contributed by atoms with Crippen molar-refractivity contribution in [2.24, 2.45) is 4.99 Å². The number of sulfone groups is 1. The molecule has 0 radical (unpaired) electrons. The Kier molecular flexibility index (Phi) is 11.6. The second-order valence-electron chi connectivity index (χ2n) is 11.0. The minimum Gasteiger partial charge on any atom is -0.494 e. The topological polar surface area (TPSA) is 127 Å². The van der Waals surface area contributed by atoms with Gasteiger partial charge in [0.2, 0.25) is 5.90 Å². The van der Waals surface area contributed by atoms with Crippen molar-refractivity contribution in [3.63, 3.8) is 0 Å². The van der Waals surface area contributed by atoms with E-state index in [4.69, 9.17) is 47.5 Å². The minimum absolute atomic E-state index is 0.0218. The first-order chi connectivity index (χ1) is 22.2. The number of carbonyl (C=O) groups excluding carboxylic acids is 1. The van der Waals surface area contributed by atoms with Crippen molar-refractivity contribution in [2.45, 2.75) is 29.4 Å². The number of hydrogen-bond donors (Lipinski definition) is 2. The van der Waals surface area contributed by atoms with Gasteiger partial charge < -0.3 is 24.6 Å². The van der Waals surface area contributed by atoms with Gasteiger partial charge in [-0.1, -0.05) is 47.5 Å². The molecule has 2 aliphatic rings. The molecule has 1 amide bonds. The van der Waals surface area contributed by atoms with Crippen molar-refractivity contribution in [1.82, 2.24) is 10.2 Å². The van der Waals surface area contributed by atoms with Crippen LogP contribution in [0.1, 0.15) is 30.1 Å². The van der Waals surface area contributed by atoms with Crippen LogP contribution < -0.4 is 10.1 Å². The zero-order valence-electron chi connectivity index (χ0n) is 25.2. The lowest BCUT2D eigenvalue weighted by Crippen LogP contribution is -2.51. The number of amides is 1. The molecule has 5 rings (SSSR count). The average Bonchev–Trinajstić information content (AvgIpc) is 3.46. The predicted molar refractivity (Wildman–Crippen MR) is 177 cm³/mol. The van der Waals surface area contributed by atoms with Gasteiger partial charge in [-0.05, 0) is 48.5 Å². The maximum Gasteiger partial charge on any atom is 0.252 e. The number of aliphatic hydroxyl groups excluding tert-OH is 1. The van der Waals surface area contributed by atoms with Gasteiger partial charge in [-0.2, -0.15) is 0 Å². The number of aliphatic imine (C=N–C) groups is 1. The molecule has 2 atom stereocenters. The fourth-order valence-electron chi connectivity index (χ4n) is 5.40. The first kappa shape index (κ1) is 34.2. The first-order valence-corrected chi connectivity index (χ1v) is 17.5. The molecule has 0 spiro atoms. The van der Waals surface area contributed by atoms with Crippen LogP contribution in [0.5, 0.6) is 5.75 Å². The van der Waals surface area contributed by atoms with Gasteiger partial charge in [0.05, 0.1) is 30.5 Å². The number of benzene rings is 3. The molecule has 3 aromatic rings. The molecule has 13 heteroatoms. The highest BCUT2D eigenvalue weighted by molar-refractivity contribution is 7.91. The number of hydrogen-bond acceptors (Lipinski definition) is 9. The van der Waals surface area contributed by atoms with E-state index in [1.54, 1.807) is 60.7 Å². The molecule has 10 nitrogen and oxygen atoms in total. The largest absolute Gasteiger partial charge is 0.494 e. The van der Waals surface area contributed by atoms with Crippen LogP contribution >= 0.6 is 23.2 Å². The van der Waals surface area contributed by atoms with Gasteiger partial charge in [-0.3, -0.25) is 9.69 Å². The zero-order chi connectivity index (χ0) is 32.6. The predicted octanol–water partition coefficient (Wildman–Crippen LogP) is 4.32. The number of nitrogens with zero attached hydrogens (tertiary/aromatic N) is 2. The molecule has 2 aliphatic heterocycles. The summed E-state index contributed by atoms with van der Waals surface area (Å²) in [6.07, 6.45) is -0.735. The van der Waals surface area contributed by atoms with Gasteiger partial charge in [0.25, 0.3) is 5.91 Å². The number of ether oxygens (including phenoxy) is 3. The highest BCUT2D eigenvalue weighted by Crippen LogP contribution is 2.45. The van der Waals surface area contributed by atoms with Gasteiger partial charge in [-0.15, -0.1) is 0 Å². The smallest absolute Gasteiger partial charge is 0.252 e. The summed E-state index contributed by atoms with van der Waals surface area (Å²) >= 11 is 12.9.